The van der Waals surface area contributed by atoms with Crippen LogP contribution in [0.3, 0.4) is 0 Å². The summed E-state index contributed by atoms with van der Waals surface area (Å²) in [5.74, 6) is 0.647. The summed E-state index contributed by atoms with van der Waals surface area (Å²) in [5, 5.41) is 9.66. The van der Waals surface area contributed by atoms with Gasteiger partial charge in [0.25, 0.3) is 0 Å². The van der Waals surface area contributed by atoms with E-state index in [1.54, 1.807) is 7.11 Å². The molecule has 1 unspecified atom stereocenters. The van der Waals surface area contributed by atoms with Crippen molar-refractivity contribution in [3.63, 3.8) is 0 Å². The molecule has 1 aromatic rings. The second-order valence-corrected chi connectivity index (χ2v) is 3.98. The number of aliphatic hydroxyl groups excluding tert-OH is 1. The van der Waals surface area contributed by atoms with E-state index in [1.165, 1.54) is 0 Å². The van der Waals surface area contributed by atoms with Crippen molar-refractivity contribution < 1.29 is 9.84 Å². The summed E-state index contributed by atoms with van der Waals surface area (Å²) in [6.45, 7) is 2.14. The topological polar surface area (TPSA) is 55.5 Å². The van der Waals surface area contributed by atoms with Crippen LogP contribution in [0.5, 0.6) is 5.75 Å². The third kappa shape index (κ3) is 2.26. The summed E-state index contributed by atoms with van der Waals surface area (Å²) in [5.41, 5.74) is 7.19. The van der Waals surface area contributed by atoms with E-state index in [0.717, 1.165) is 15.6 Å². The van der Waals surface area contributed by atoms with Crippen LogP contribution in [0.2, 0.25) is 0 Å². The zero-order valence-corrected chi connectivity index (χ0v) is 9.84. The predicted octanol–water partition coefficient (Wildman–Crippen LogP) is 1.76. The van der Waals surface area contributed by atoms with Gasteiger partial charge in [-0.1, -0.05) is 0 Å². The van der Waals surface area contributed by atoms with Crippen molar-refractivity contribution in [1.82, 2.24) is 0 Å². The highest BCUT2D eigenvalue weighted by Crippen LogP contribution is 2.33. The zero-order valence-electron chi connectivity index (χ0n) is 8.25. The second-order valence-electron chi connectivity index (χ2n) is 3.12. The fourth-order valence-corrected chi connectivity index (χ4v) is 2.10. The molecule has 0 aliphatic heterocycles. The molecule has 0 bridgehead atoms. The van der Waals surface area contributed by atoms with E-state index in [0.29, 0.717) is 5.75 Å². The average Bonchev–Trinajstić information content (AvgIpc) is 2.15. The lowest BCUT2D eigenvalue weighted by atomic mass is 10.1. The SMILES string of the molecule is COc1c(Br)cc(C)cc1C(O)CN. The van der Waals surface area contributed by atoms with Crippen LogP contribution in [0.1, 0.15) is 17.2 Å². The van der Waals surface area contributed by atoms with E-state index >= 15 is 0 Å². The first kappa shape index (κ1) is 11.5. The van der Waals surface area contributed by atoms with E-state index in [9.17, 15) is 5.11 Å². The van der Waals surface area contributed by atoms with Gasteiger partial charge in [-0.2, -0.15) is 0 Å². The number of nitrogens with two attached hydrogens (primary N) is 1. The van der Waals surface area contributed by atoms with Crippen molar-refractivity contribution in [2.75, 3.05) is 13.7 Å². The fourth-order valence-electron chi connectivity index (χ4n) is 1.35. The molecule has 1 rings (SSSR count). The number of hydrogen-bond acceptors (Lipinski definition) is 3. The van der Waals surface area contributed by atoms with Crippen LogP contribution in [-0.4, -0.2) is 18.8 Å². The van der Waals surface area contributed by atoms with Crippen LogP contribution in [0.25, 0.3) is 0 Å². The highest BCUT2D eigenvalue weighted by Gasteiger charge is 2.14. The van der Waals surface area contributed by atoms with Gasteiger partial charge in [0.1, 0.15) is 5.75 Å². The standard InChI is InChI=1S/C10H14BrNO2/c1-6-3-7(9(13)5-12)10(14-2)8(11)4-6/h3-4,9,13H,5,12H2,1-2H3. The Bertz CT molecular complexity index is 328. The first-order chi connectivity index (χ1) is 6.60. The number of halogens is 1. The van der Waals surface area contributed by atoms with E-state index in [-0.39, 0.29) is 6.54 Å². The van der Waals surface area contributed by atoms with E-state index in [4.69, 9.17) is 10.5 Å². The van der Waals surface area contributed by atoms with Crippen molar-refractivity contribution in [3.05, 3.63) is 27.7 Å². The summed E-state index contributed by atoms with van der Waals surface area (Å²) in [4.78, 5) is 0. The Balaban J connectivity index is 3.24. The van der Waals surface area contributed by atoms with E-state index < -0.39 is 6.10 Å². The summed E-state index contributed by atoms with van der Waals surface area (Å²) >= 11 is 3.38. The van der Waals surface area contributed by atoms with Gasteiger partial charge < -0.3 is 15.6 Å². The van der Waals surface area contributed by atoms with Crippen LogP contribution in [0.15, 0.2) is 16.6 Å². The Hall–Kier alpha value is -0.580. The molecule has 0 saturated heterocycles. The third-order valence-electron chi connectivity index (χ3n) is 2.00. The molecule has 0 amide bonds. The maximum atomic E-state index is 9.66. The van der Waals surface area contributed by atoms with Gasteiger partial charge in [-0.15, -0.1) is 0 Å². The van der Waals surface area contributed by atoms with Gasteiger partial charge in [0, 0.05) is 12.1 Å². The zero-order chi connectivity index (χ0) is 10.7. The number of aliphatic hydroxyl groups is 1. The molecule has 3 N–H and O–H groups in total. The molecule has 1 atom stereocenters. The summed E-state index contributed by atoms with van der Waals surface area (Å²) in [6.07, 6.45) is -0.679. The second kappa shape index (κ2) is 4.77. The van der Waals surface area contributed by atoms with Gasteiger partial charge in [0.15, 0.2) is 0 Å². The molecule has 4 heteroatoms. The molecule has 0 aliphatic carbocycles. The normalized spacial score (nSPS) is 12.6. The minimum absolute atomic E-state index is 0.187. The first-order valence-electron chi connectivity index (χ1n) is 4.32. The fraction of sp³-hybridized carbons (Fsp3) is 0.400. The number of ether oxygens (including phenoxy) is 1. The Morgan fingerprint density at radius 3 is 2.71 bits per heavy atom. The number of aryl methyl sites for hydroxylation is 1. The lowest BCUT2D eigenvalue weighted by Crippen LogP contribution is -2.13. The lowest BCUT2D eigenvalue weighted by molar-refractivity contribution is 0.182. The summed E-state index contributed by atoms with van der Waals surface area (Å²) in [6, 6.07) is 3.81. The summed E-state index contributed by atoms with van der Waals surface area (Å²) < 4.78 is 6.03. The first-order valence-corrected chi connectivity index (χ1v) is 5.11. The molecule has 14 heavy (non-hydrogen) atoms. The Labute approximate surface area is 92.0 Å². The number of benzene rings is 1. The van der Waals surface area contributed by atoms with Crippen molar-refractivity contribution in [3.8, 4) is 5.75 Å². The number of hydrogen-bond donors (Lipinski definition) is 2. The largest absolute Gasteiger partial charge is 0.495 e. The van der Waals surface area contributed by atoms with Gasteiger partial charge in [-0.25, -0.2) is 0 Å². The smallest absolute Gasteiger partial charge is 0.138 e. The molecule has 0 aromatic heterocycles. The quantitative estimate of drug-likeness (QED) is 0.870. The van der Waals surface area contributed by atoms with Gasteiger partial charge in [0.05, 0.1) is 17.7 Å². The molecule has 1 aromatic carbocycles. The number of methoxy groups -OCH3 is 1. The maximum Gasteiger partial charge on any atom is 0.138 e. The Morgan fingerprint density at radius 2 is 2.21 bits per heavy atom. The minimum atomic E-state index is -0.679. The molecule has 0 spiro atoms. The molecule has 0 aliphatic rings. The van der Waals surface area contributed by atoms with Gasteiger partial charge in [-0.3, -0.25) is 0 Å². The van der Waals surface area contributed by atoms with Crippen molar-refractivity contribution in [2.45, 2.75) is 13.0 Å². The predicted molar refractivity (Wildman–Crippen MR) is 59.4 cm³/mol. The Kier molecular flexibility index (Phi) is 3.92. The highest BCUT2D eigenvalue weighted by atomic mass is 79.9. The molecule has 0 heterocycles. The molecule has 0 radical (unpaired) electrons. The molecular weight excluding hydrogens is 246 g/mol. The number of rotatable bonds is 3. The minimum Gasteiger partial charge on any atom is -0.495 e. The van der Waals surface area contributed by atoms with Crippen LogP contribution < -0.4 is 10.5 Å². The maximum absolute atomic E-state index is 9.66. The van der Waals surface area contributed by atoms with Crippen LogP contribution in [0.4, 0.5) is 0 Å². The van der Waals surface area contributed by atoms with Gasteiger partial charge in [0.2, 0.25) is 0 Å². The van der Waals surface area contributed by atoms with Crippen molar-refractivity contribution in [2.24, 2.45) is 5.73 Å². The monoisotopic (exact) mass is 259 g/mol. The van der Waals surface area contributed by atoms with Crippen LogP contribution >= 0.6 is 15.9 Å². The van der Waals surface area contributed by atoms with Crippen LogP contribution in [0, 0.1) is 6.92 Å². The van der Waals surface area contributed by atoms with Crippen molar-refractivity contribution >= 4 is 15.9 Å². The molecule has 0 fully saturated rings. The average molecular weight is 260 g/mol. The van der Waals surface area contributed by atoms with Crippen molar-refractivity contribution in [1.29, 1.82) is 0 Å². The molecule has 78 valence electrons. The lowest BCUT2D eigenvalue weighted by Gasteiger charge is -2.15. The van der Waals surface area contributed by atoms with Gasteiger partial charge in [-0.05, 0) is 40.5 Å². The molecule has 3 nitrogen and oxygen atoms in total. The third-order valence-corrected chi connectivity index (χ3v) is 2.59. The molecule has 0 saturated carbocycles. The summed E-state index contributed by atoms with van der Waals surface area (Å²) in [7, 11) is 1.57. The van der Waals surface area contributed by atoms with Crippen LogP contribution in [-0.2, 0) is 0 Å². The van der Waals surface area contributed by atoms with E-state index in [1.807, 2.05) is 19.1 Å². The Morgan fingerprint density at radius 1 is 1.57 bits per heavy atom. The highest BCUT2D eigenvalue weighted by molar-refractivity contribution is 9.10. The van der Waals surface area contributed by atoms with Gasteiger partial charge >= 0.3 is 0 Å². The van der Waals surface area contributed by atoms with E-state index in [2.05, 4.69) is 15.9 Å². The molecular formula is C10H14BrNO2.